The summed E-state index contributed by atoms with van der Waals surface area (Å²) in [7, 11) is 0. The van der Waals surface area contributed by atoms with E-state index in [0.29, 0.717) is 30.4 Å². The summed E-state index contributed by atoms with van der Waals surface area (Å²) in [6.07, 6.45) is 1.43. The summed E-state index contributed by atoms with van der Waals surface area (Å²) in [5.41, 5.74) is 6.27. The van der Waals surface area contributed by atoms with Gasteiger partial charge in [-0.25, -0.2) is 4.79 Å². The summed E-state index contributed by atoms with van der Waals surface area (Å²) < 4.78 is 12.3. The van der Waals surface area contributed by atoms with Crippen LogP contribution in [-0.4, -0.2) is 22.8 Å². The SMILES string of the molecule is Nc1cc2c(cc1Cn1ccc(=O)[nH]c1=O)OCCO2. The van der Waals surface area contributed by atoms with Gasteiger partial charge in [-0.05, 0) is 11.6 Å². The van der Waals surface area contributed by atoms with Crippen LogP contribution < -0.4 is 26.5 Å². The molecule has 1 aromatic carbocycles. The van der Waals surface area contributed by atoms with Gasteiger partial charge < -0.3 is 15.2 Å². The first-order chi connectivity index (χ1) is 9.63. The van der Waals surface area contributed by atoms with Gasteiger partial charge in [0.15, 0.2) is 11.5 Å². The van der Waals surface area contributed by atoms with Crippen molar-refractivity contribution in [2.24, 2.45) is 0 Å². The molecule has 0 fully saturated rings. The molecule has 0 saturated heterocycles. The van der Waals surface area contributed by atoms with Crippen molar-refractivity contribution in [2.45, 2.75) is 6.54 Å². The van der Waals surface area contributed by atoms with Gasteiger partial charge in [-0.1, -0.05) is 0 Å². The zero-order chi connectivity index (χ0) is 14.1. The molecular weight excluding hydrogens is 262 g/mol. The van der Waals surface area contributed by atoms with Crippen molar-refractivity contribution in [1.29, 1.82) is 0 Å². The van der Waals surface area contributed by atoms with Gasteiger partial charge in [-0.3, -0.25) is 14.3 Å². The van der Waals surface area contributed by atoms with Crippen LogP contribution in [0.15, 0.2) is 34.0 Å². The molecule has 7 nitrogen and oxygen atoms in total. The number of nitrogen functional groups attached to an aromatic ring is 1. The predicted octanol–water partition coefficient (Wildman–Crippen LogP) is -0.0617. The maximum absolute atomic E-state index is 11.7. The molecule has 1 aliphatic heterocycles. The van der Waals surface area contributed by atoms with Crippen molar-refractivity contribution >= 4 is 5.69 Å². The maximum atomic E-state index is 11.7. The molecule has 1 aromatic heterocycles. The molecule has 1 aliphatic rings. The van der Waals surface area contributed by atoms with Crippen molar-refractivity contribution in [3.8, 4) is 11.5 Å². The molecule has 2 aromatic rings. The average Bonchev–Trinajstić information content (AvgIpc) is 2.42. The van der Waals surface area contributed by atoms with E-state index >= 15 is 0 Å². The maximum Gasteiger partial charge on any atom is 0.328 e. The first kappa shape index (κ1) is 12.3. The quantitative estimate of drug-likeness (QED) is 0.748. The van der Waals surface area contributed by atoms with Crippen LogP contribution in [0.4, 0.5) is 5.69 Å². The van der Waals surface area contributed by atoms with Gasteiger partial charge in [0, 0.05) is 24.0 Å². The van der Waals surface area contributed by atoms with Crippen molar-refractivity contribution in [3.63, 3.8) is 0 Å². The summed E-state index contributed by atoms with van der Waals surface area (Å²) in [5.74, 6) is 1.21. The second-order valence-electron chi connectivity index (χ2n) is 4.43. The lowest BCUT2D eigenvalue weighted by atomic mass is 10.1. The Morgan fingerprint density at radius 3 is 2.60 bits per heavy atom. The van der Waals surface area contributed by atoms with Crippen LogP contribution in [0, 0.1) is 0 Å². The molecule has 0 spiro atoms. The number of rotatable bonds is 2. The second kappa shape index (κ2) is 4.76. The summed E-state index contributed by atoms with van der Waals surface area (Å²) in [6.45, 7) is 1.22. The number of nitrogens with zero attached hydrogens (tertiary/aromatic N) is 1. The van der Waals surface area contributed by atoms with Crippen molar-refractivity contribution < 1.29 is 9.47 Å². The molecule has 0 radical (unpaired) electrons. The van der Waals surface area contributed by atoms with E-state index in [1.807, 2.05) is 0 Å². The molecule has 0 bridgehead atoms. The van der Waals surface area contributed by atoms with Crippen LogP contribution in [0.1, 0.15) is 5.56 Å². The molecule has 3 N–H and O–H groups in total. The third-order valence-electron chi connectivity index (χ3n) is 3.04. The zero-order valence-electron chi connectivity index (χ0n) is 10.6. The highest BCUT2D eigenvalue weighted by Gasteiger charge is 2.15. The average molecular weight is 275 g/mol. The summed E-state index contributed by atoms with van der Waals surface area (Å²) >= 11 is 0. The number of nitrogens with one attached hydrogen (secondary N) is 1. The standard InChI is InChI=1S/C13H13N3O4/c14-9-6-11-10(19-3-4-20-11)5-8(9)7-16-2-1-12(17)15-13(16)18/h1-2,5-6H,3-4,7,14H2,(H,15,17,18). The Morgan fingerprint density at radius 2 is 1.90 bits per heavy atom. The monoisotopic (exact) mass is 275 g/mol. The van der Waals surface area contributed by atoms with E-state index in [-0.39, 0.29) is 6.54 Å². The first-order valence-corrected chi connectivity index (χ1v) is 6.11. The van der Waals surface area contributed by atoms with Crippen LogP contribution >= 0.6 is 0 Å². The highest BCUT2D eigenvalue weighted by Crippen LogP contribution is 2.34. The number of aromatic nitrogens is 2. The Kier molecular flexibility index (Phi) is 2.94. The highest BCUT2D eigenvalue weighted by molar-refractivity contribution is 5.58. The van der Waals surface area contributed by atoms with Crippen LogP contribution in [0.25, 0.3) is 0 Å². The number of ether oxygens (including phenoxy) is 2. The van der Waals surface area contributed by atoms with Crippen LogP contribution in [-0.2, 0) is 6.54 Å². The Balaban J connectivity index is 1.98. The fourth-order valence-electron chi connectivity index (χ4n) is 2.04. The molecular formula is C13H13N3O4. The van der Waals surface area contributed by atoms with E-state index in [4.69, 9.17) is 15.2 Å². The molecule has 0 unspecified atom stereocenters. The minimum atomic E-state index is -0.480. The fourth-order valence-corrected chi connectivity index (χ4v) is 2.04. The molecule has 0 amide bonds. The Labute approximate surface area is 113 Å². The lowest BCUT2D eigenvalue weighted by molar-refractivity contribution is 0.171. The summed E-state index contributed by atoms with van der Waals surface area (Å²) in [4.78, 5) is 24.9. The smallest absolute Gasteiger partial charge is 0.328 e. The van der Waals surface area contributed by atoms with Gasteiger partial charge in [-0.2, -0.15) is 0 Å². The van der Waals surface area contributed by atoms with Gasteiger partial charge in [0.1, 0.15) is 13.2 Å². The van der Waals surface area contributed by atoms with Crippen LogP contribution in [0.5, 0.6) is 11.5 Å². The van der Waals surface area contributed by atoms with Gasteiger partial charge in [0.25, 0.3) is 5.56 Å². The van der Waals surface area contributed by atoms with Gasteiger partial charge in [0.05, 0.1) is 6.54 Å². The van der Waals surface area contributed by atoms with Gasteiger partial charge >= 0.3 is 5.69 Å². The van der Waals surface area contributed by atoms with Crippen molar-refractivity contribution in [3.05, 3.63) is 50.8 Å². The number of benzene rings is 1. The molecule has 20 heavy (non-hydrogen) atoms. The Hall–Kier alpha value is -2.70. The number of nitrogens with two attached hydrogens (primary N) is 1. The van der Waals surface area contributed by atoms with E-state index in [9.17, 15) is 9.59 Å². The zero-order valence-corrected chi connectivity index (χ0v) is 10.6. The number of hydrogen-bond donors (Lipinski definition) is 2. The molecule has 0 atom stereocenters. The van der Waals surface area contributed by atoms with E-state index < -0.39 is 11.2 Å². The number of fused-ring (bicyclic) bond motifs is 1. The lowest BCUT2D eigenvalue weighted by Gasteiger charge is -2.20. The fraction of sp³-hybridized carbons (Fsp3) is 0.231. The summed E-state index contributed by atoms with van der Waals surface area (Å²) in [5, 5.41) is 0. The Morgan fingerprint density at radius 1 is 1.20 bits per heavy atom. The largest absolute Gasteiger partial charge is 0.486 e. The third kappa shape index (κ3) is 2.25. The van der Waals surface area contributed by atoms with E-state index in [1.165, 1.54) is 16.8 Å². The van der Waals surface area contributed by atoms with E-state index in [0.717, 1.165) is 5.56 Å². The predicted molar refractivity (Wildman–Crippen MR) is 72.3 cm³/mol. The molecule has 2 heterocycles. The number of hydrogen-bond acceptors (Lipinski definition) is 5. The van der Waals surface area contributed by atoms with Crippen LogP contribution in [0.3, 0.4) is 0 Å². The lowest BCUT2D eigenvalue weighted by Crippen LogP contribution is -2.29. The number of aromatic amines is 1. The third-order valence-corrected chi connectivity index (χ3v) is 3.04. The topological polar surface area (TPSA) is 99.3 Å². The normalized spacial score (nSPS) is 13.2. The van der Waals surface area contributed by atoms with E-state index in [1.54, 1.807) is 12.1 Å². The Bertz CT molecular complexity index is 763. The first-order valence-electron chi connectivity index (χ1n) is 6.11. The van der Waals surface area contributed by atoms with Crippen molar-refractivity contribution in [2.75, 3.05) is 18.9 Å². The minimum Gasteiger partial charge on any atom is -0.486 e. The molecule has 7 heteroatoms. The van der Waals surface area contributed by atoms with Crippen LogP contribution in [0.2, 0.25) is 0 Å². The molecule has 3 rings (SSSR count). The number of anilines is 1. The molecule has 0 saturated carbocycles. The van der Waals surface area contributed by atoms with E-state index in [2.05, 4.69) is 4.98 Å². The summed E-state index contributed by atoms with van der Waals surface area (Å²) in [6, 6.07) is 4.72. The van der Waals surface area contributed by atoms with Gasteiger partial charge in [-0.15, -0.1) is 0 Å². The highest BCUT2D eigenvalue weighted by atomic mass is 16.6. The minimum absolute atomic E-state index is 0.248. The molecule has 0 aliphatic carbocycles. The van der Waals surface area contributed by atoms with Gasteiger partial charge in [0.2, 0.25) is 0 Å². The molecule has 104 valence electrons. The second-order valence-corrected chi connectivity index (χ2v) is 4.43. The van der Waals surface area contributed by atoms with Crippen molar-refractivity contribution in [1.82, 2.24) is 9.55 Å². The number of H-pyrrole nitrogens is 1.